The van der Waals surface area contributed by atoms with Gasteiger partial charge in [0.1, 0.15) is 0 Å². The number of fused-ring (bicyclic) bond motifs is 4. The van der Waals surface area contributed by atoms with Gasteiger partial charge in [-0.05, 0) is 151 Å². The van der Waals surface area contributed by atoms with Gasteiger partial charge in [0.05, 0.1) is 0 Å². The molecule has 1 fully saturated rings. The van der Waals surface area contributed by atoms with Gasteiger partial charge in [0.25, 0.3) is 0 Å². The lowest BCUT2D eigenvalue weighted by Gasteiger charge is -2.33. The predicted molar refractivity (Wildman–Crippen MR) is 195 cm³/mol. The molecule has 8 rings (SSSR count). The second-order valence-corrected chi connectivity index (χ2v) is 14.2. The lowest BCUT2D eigenvalue weighted by Crippen LogP contribution is -2.24. The zero-order valence-corrected chi connectivity index (χ0v) is 27.8. The van der Waals surface area contributed by atoms with Gasteiger partial charge < -0.3 is 9.80 Å². The fourth-order valence-electron chi connectivity index (χ4n) is 8.16. The predicted octanol–water partition coefficient (Wildman–Crippen LogP) is 11.8. The second-order valence-electron chi connectivity index (χ2n) is 14.2. The van der Waals surface area contributed by atoms with E-state index in [1.807, 2.05) is 0 Å². The molecule has 5 aromatic rings. The summed E-state index contributed by atoms with van der Waals surface area (Å²) in [6.45, 7) is 13.6. The highest BCUT2D eigenvalue weighted by atomic mass is 15.2. The van der Waals surface area contributed by atoms with Crippen LogP contribution >= 0.6 is 0 Å². The highest BCUT2D eigenvalue weighted by Gasteiger charge is 2.54. The Morgan fingerprint density at radius 2 is 0.978 bits per heavy atom. The molecule has 46 heavy (non-hydrogen) atoms. The molecule has 0 radical (unpaired) electrons. The number of rotatable bonds is 6. The van der Waals surface area contributed by atoms with E-state index in [1.54, 1.807) is 5.57 Å². The maximum atomic E-state index is 2.54. The van der Waals surface area contributed by atoms with Crippen molar-refractivity contribution in [3.05, 3.63) is 166 Å². The first kappa shape index (κ1) is 28.6. The molecule has 0 aromatic heterocycles. The van der Waals surface area contributed by atoms with Crippen LogP contribution in [-0.4, -0.2) is 0 Å². The topological polar surface area (TPSA) is 6.48 Å². The molecule has 2 unspecified atom stereocenters. The minimum Gasteiger partial charge on any atom is -0.314 e. The molecule has 0 heterocycles. The maximum Gasteiger partial charge on any atom is 0.0465 e. The van der Waals surface area contributed by atoms with Crippen molar-refractivity contribution in [3.8, 4) is 0 Å². The smallest absolute Gasteiger partial charge is 0.0465 e. The Morgan fingerprint density at radius 1 is 0.522 bits per heavy atom. The molecule has 2 heteroatoms. The van der Waals surface area contributed by atoms with Gasteiger partial charge >= 0.3 is 0 Å². The van der Waals surface area contributed by atoms with Crippen LogP contribution in [0.5, 0.6) is 0 Å². The van der Waals surface area contributed by atoms with Crippen LogP contribution in [0, 0.1) is 39.5 Å². The minimum absolute atomic E-state index is 0.0372. The fraction of sp³-hybridized carbons (Fsp3) is 0.227. The van der Waals surface area contributed by atoms with E-state index in [4.69, 9.17) is 0 Å². The molecule has 5 aromatic carbocycles. The summed E-state index contributed by atoms with van der Waals surface area (Å²) in [6.07, 6.45) is 3.75. The number of hydrogen-bond acceptors (Lipinski definition) is 2. The quantitative estimate of drug-likeness (QED) is 0.192. The molecule has 0 spiro atoms. The Hall–Kier alpha value is -4.82. The Morgan fingerprint density at radius 3 is 1.46 bits per heavy atom. The molecule has 0 saturated heterocycles. The van der Waals surface area contributed by atoms with Crippen LogP contribution in [0.3, 0.4) is 0 Å². The van der Waals surface area contributed by atoms with E-state index >= 15 is 0 Å². The molecular formula is C44H42N2. The van der Waals surface area contributed by atoms with Crippen LogP contribution in [0.25, 0.3) is 5.57 Å². The molecule has 228 valence electrons. The first-order chi connectivity index (χ1) is 22.2. The van der Waals surface area contributed by atoms with Gasteiger partial charge in [0.2, 0.25) is 0 Å². The zero-order chi connectivity index (χ0) is 31.7. The number of hydrogen-bond donors (Lipinski definition) is 0. The third-order valence-corrected chi connectivity index (χ3v) is 10.3. The molecule has 0 aliphatic heterocycles. The van der Waals surface area contributed by atoms with Crippen molar-refractivity contribution in [1.29, 1.82) is 0 Å². The summed E-state index contributed by atoms with van der Waals surface area (Å²) >= 11 is 0. The molecular weight excluding hydrogens is 556 g/mol. The first-order valence-electron chi connectivity index (χ1n) is 16.7. The normalized spacial score (nSPS) is 18.8. The van der Waals surface area contributed by atoms with Crippen molar-refractivity contribution >= 4 is 34.0 Å². The van der Waals surface area contributed by atoms with Gasteiger partial charge in [0.15, 0.2) is 0 Å². The van der Waals surface area contributed by atoms with Crippen molar-refractivity contribution in [1.82, 2.24) is 0 Å². The summed E-state index contributed by atoms with van der Waals surface area (Å²) in [7, 11) is 0. The van der Waals surface area contributed by atoms with Crippen molar-refractivity contribution in [3.63, 3.8) is 0 Å². The van der Waals surface area contributed by atoms with E-state index in [2.05, 4.69) is 173 Å². The van der Waals surface area contributed by atoms with E-state index in [0.717, 1.165) is 0 Å². The third-order valence-electron chi connectivity index (χ3n) is 10.3. The van der Waals surface area contributed by atoms with Gasteiger partial charge in [-0.3, -0.25) is 0 Å². The molecule has 3 aliphatic rings. The Balaban J connectivity index is 1.27. The van der Waals surface area contributed by atoms with Gasteiger partial charge in [-0.25, -0.2) is 0 Å². The number of benzene rings is 5. The summed E-state index contributed by atoms with van der Waals surface area (Å²) in [5.74, 6) is 1.10. The molecule has 0 amide bonds. The van der Waals surface area contributed by atoms with Crippen molar-refractivity contribution in [2.24, 2.45) is 11.8 Å². The van der Waals surface area contributed by atoms with Crippen LogP contribution in [-0.2, 0) is 5.41 Å². The van der Waals surface area contributed by atoms with E-state index in [9.17, 15) is 0 Å². The van der Waals surface area contributed by atoms with E-state index < -0.39 is 0 Å². The van der Waals surface area contributed by atoms with E-state index in [-0.39, 0.29) is 5.41 Å². The van der Waals surface area contributed by atoms with Crippen LogP contribution in [0.15, 0.2) is 133 Å². The third kappa shape index (κ3) is 4.70. The molecule has 2 nitrogen and oxygen atoms in total. The van der Waals surface area contributed by atoms with Gasteiger partial charge in [0, 0.05) is 45.5 Å². The van der Waals surface area contributed by atoms with Gasteiger partial charge in [-0.15, -0.1) is 0 Å². The second kappa shape index (κ2) is 10.6. The number of anilines is 5. The van der Waals surface area contributed by atoms with Crippen LogP contribution in [0.2, 0.25) is 0 Å². The maximum absolute atomic E-state index is 2.54. The Bertz CT molecular complexity index is 1980. The Kier molecular flexibility index (Phi) is 6.62. The fourth-order valence-corrected chi connectivity index (χ4v) is 8.16. The highest BCUT2D eigenvalue weighted by molar-refractivity contribution is 5.92. The largest absolute Gasteiger partial charge is 0.314 e. The number of nitrogens with zero attached hydrogens (tertiary/aromatic N) is 2. The lowest BCUT2D eigenvalue weighted by molar-refractivity contribution is 0.587. The van der Waals surface area contributed by atoms with Crippen molar-refractivity contribution < 1.29 is 0 Å². The van der Waals surface area contributed by atoms with Crippen LogP contribution in [0.4, 0.5) is 28.4 Å². The number of allylic oxidation sites excluding steroid dienone is 4. The summed E-state index contributed by atoms with van der Waals surface area (Å²) in [4.78, 5) is 4.96. The highest BCUT2D eigenvalue weighted by Crippen LogP contribution is 2.64. The van der Waals surface area contributed by atoms with E-state index in [1.165, 1.54) is 79.5 Å². The Labute approximate surface area is 274 Å². The average Bonchev–Trinajstić information content (AvgIpc) is 3.78. The van der Waals surface area contributed by atoms with Crippen molar-refractivity contribution in [2.75, 3.05) is 9.80 Å². The number of aryl methyl sites for hydroxylation is 4. The van der Waals surface area contributed by atoms with Crippen molar-refractivity contribution in [2.45, 2.75) is 53.4 Å². The molecule has 0 bridgehead atoms. The average molecular weight is 599 g/mol. The van der Waals surface area contributed by atoms with Crippen LogP contribution in [0.1, 0.15) is 53.6 Å². The molecule has 1 saturated carbocycles. The van der Waals surface area contributed by atoms with E-state index in [0.29, 0.717) is 11.8 Å². The SMILES string of the molecule is Cc1cccc(N(C2=CC3=C(C4CC24)C(C)(C)c2cc(N(c4cccc(C)c4)c4cccc(C)c4)ccc23)c2cccc(C)c2)c1. The summed E-state index contributed by atoms with van der Waals surface area (Å²) in [5, 5.41) is 0. The van der Waals surface area contributed by atoms with Gasteiger partial charge in [-0.1, -0.05) is 68.4 Å². The van der Waals surface area contributed by atoms with Gasteiger partial charge in [-0.2, -0.15) is 0 Å². The summed E-state index contributed by atoms with van der Waals surface area (Å²) in [6, 6.07) is 42.9. The van der Waals surface area contributed by atoms with Crippen LogP contribution < -0.4 is 9.80 Å². The monoisotopic (exact) mass is 598 g/mol. The molecule has 3 aliphatic carbocycles. The zero-order valence-electron chi connectivity index (χ0n) is 27.8. The first-order valence-corrected chi connectivity index (χ1v) is 16.7. The lowest BCUT2D eigenvalue weighted by atomic mass is 9.77. The molecule has 2 atom stereocenters. The summed E-state index contributed by atoms with van der Waals surface area (Å²) < 4.78 is 0. The minimum atomic E-state index is -0.0372. The summed E-state index contributed by atoms with van der Waals surface area (Å²) in [5.41, 5.74) is 18.4. The molecule has 0 N–H and O–H groups in total. The standard InChI is InChI=1S/C44H42N2/c1-28-11-7-15-32(21-28)45(33-16-8-12-29(2)22-33)36-19-20-37-40-27-42(38-26-39(38)43(40)44(5,6)41(37)25-36)46(34-17-9-13-30(3)23-34)35-18-10-14-31(4)24-35/h7-25,27,38-39H,26H2,1-6H3.